The van der Waals surface area contributed by atoms with Crippen LogP contribution in [0, 0.1) is 5.41 Å². The molecule has 3 heteroatoms. The Morgan fingerprint density at radius 3 is 2.60 bits per heavy atom. The zero-order chi connectivity index (χ0) is 15.0. The Hall–Kier alpha value is -1.09. The van der Waals surface area contributed by atoms with Crippen molar-refractivity contribution in [1.29, 1.82) is 0 Å². The molecule has 3 nitrogen and oxygen atoms in total. The van der Waals surface area contributed by atoms with Gasteiger partial charge in [-0.05, 0) is 51.7 Å². The van der Waals surface area contributed by atoms with Crippen molar-refractivity contribution in [1.82, 2.24) is 0 Å². The van der Waals surface area contributed by atoms with Gasteiger partial charge in [-0.25, -0.2) is 4.79 Å². The Bertz CT molecular complexity index is 461. The highest BCUT2D eigenvalue weighted by atomic mass is 16.6. The zero-order valence-corrected chi connectivity index (χ0v) is 13.3. The monoisotopic (exact) mass is 278 g/mol. The maximum absolute atomic E-state index is 11.4. The molecule has 0 aromatic rings. The second kappa shape index (κ2) is 5.03. The summed E-state index contributed by atoms with van der Waals surface area (Å²) in [4.78, 5) is 11.4. The molecule has 2 fully saturated rings. The smallest absolute Gasteiger partial charge is 0.330 e. The van der Waals surface area contributed by atoms with Gasteiger partial charge in [-0.3, -0.25) is 0 Å². The molecule has 1 aliphatic heterocycles. The first-order valence-corrected chi connectivity index (χ1v) is 7.51. The topological polar surface area (TPSA) is 38.8 Å². The van der Waals surface area contributed by atoms with Gasteiger partial charge in [-0.1, -0.05) is 19.9 Å². The van der Waals surface area contributed by atoms with Crippen LogP contribution in [0.15, 0.2) is 23.8 Å². The summed E-state index contributed by atoms with van der Waals surface area (Å²) in [7, 11) is 0. The normalized spacial score (nSPS) is 35.8. The standard InChI is InChI=1S/C17H26O3/c1-6-19-14(18)12-13(2)8-11-17-15(3,4)9-7-10-16(17,5)20-17/h8,11-12H,6-7,9-10H2,1-5H3. The number of ether oxygens (including phenoxy) is 2. The van der Waals surface area contributed by atoms with E-state index in [1.54, 1.807) is 0 Å². The van der Waals surface area contributed by atoms with Gasteiger partial charge in [-0.15, -0.1) is 0 Å². The third-order valence-electron chi connectivity index (χ3n) is 4.80. The molecule has 0 aromatic carbocycles. The van der Waals surface area contributed by atoms with Gasteiger partial charge < -0.3 is 9.47 Å². The minimum atomic E-state index is -0.283. The van der Waals surface area contributed by atoms with E-state index >= 15 is 0 Å². The quantitative estimate of drug-likeness (QED) is 0.340. The summed E-state index contributed by atoms with van der Waals surface area (Å²) in [6.45, 7) is 10.9. The highest BCUT2D eigenvalue weighted by Gasteiger charge is 2.73. The largest absolute Gasteiger partial charge is 0.463 e. The highest BCUT2D eigenvalue weighted by Crippen LogP contribution is 2.66. The molecule has 1 saturated carbocycles. The Labute approximate surface area is 122 Å². The molecule has 1 aliphatic carbocycles. The number of carbonyl (C=O) groups is 1. The molecule has 112 valence electrons. The minimum absolute atomic E-state index is 0.0323. The third kappa shape index (κ3) is 2.44. The molecule has 2 aliphatic rings. The average molecular weight is 278 g/mol. The van der Waals surface area contributed by atoms with Crippen LogP contribution in [0.2, 0.25) is 0 Å². The van der Waals surface area contributed by atoms with Crippen LogP contribution in [0.25, 0.3) is 0 Å². The number of epoxide rings is 1. The van der Waals surface area contributed by atoms with Crippen LogP contribution in [-0.4, -0.2) is 23.8 Å². The van der Waals surface area contributed by atoms with E-state index in [4.69, 9.17) is 9.47 Å². The van der Waals surface area contributed by atoms with E-state index in [2.05, 4.69) is 26.8 Å². The Morgan fingerprint density at radius 1 is 1.30 bits per heavy atom. The van der Waals surface area contributed by atoms with E-state index in [9.17, 15) is 4.79 Å². The third-order valence-corrected chi connectivity index (χ3v) is 4.80. The van der Waals surface area contributed by atoms with E-state index in [0.717, 1.165) is 12.0 Å². The van der Waals surface area contributed by atoms with Crippen LogP contribution in [0.4, 0.5) is 0 Å². The van der Waals surface area contributed by atoms with Crippen molar-refractivity contribution in [3.8, 4) is 0 Å². The molecule has 0 bridgehead atoms. The second-order valence-electron chi connectivity index (χ2n) is 6.78. The molecule has 1 saturated heterocycles. The van der Waals surface area contributed by atoms with Gasteiger partial charge in [-0.2, -0.15) is 0 Å². The lowest BCUT2D eigenvalue weighted by atomic mass is 9.64. The van der Waals surface area contributed by atoms with Gasteiger partial charge in [0.2, 0.25) is 0 Å². The van der Waals surface area contributed by atoms with Gasteiger partial charge in [0.05, 0.1) is 12.2 Å². The Morgan fingerprint density at radius 2 is 2.00 bits per heavy atom. The van der Waals surface area contributed by atoms with E-state index in [-0.39, 0.29) is 22.6 Å². The summed E-state index contributed by atoms with van der Waals surface area (Å²) in [6, 6.07) is 0. The summed E-state index contributed by atoms with van der Waals surface area (Å²) < 4.78 is 11.1. The van der Waals surface area contributed by atoms with Crippen LogP contribution in [0.3, 0.4) is 0 Å². The molecular weight excluding hydrogens is 252 g/mol. The van der Waals surface area contributed by atoms with Crippen molar-refractivity contribution >= 4 is 5.97 Å². The van der Waals surface area contributed by atoms with Gasteiger partial charge in [0, 0.05) is 11.5 Å². The Balaban J connectivity index is 2.13. The SMILES string of the molecule is CCOC(=O)C=C(C)C=CC12OC1(C)CCCC2(C)C. The molecule has 1 heterocycles. The fourth-order valence-corrected chi connectivity index (χ4v) is 3.58. The lowest BCUT2D eigenvalue weighted by Crippen LogP contribution is -2.41. The summed E-state index contributed by atoms with van der Waals surface area (Å²) in [6.07, 6.45) is 9.18. The molecule has 0 radical (unpaired) electrons. The average Bonchev–Trinajstić information content (AvgIpc) is 2.95. The maximum atomic E-state index is 11.4. The van der Waals surface area contributed by atoms with Crippen molar-refractivity contribution < 1.29 is 14.3 Å². The number of hydrogen-bond donors (Lipinski definition) is 0. The summed E-state index contributed by atoms with van der Waals surface area (Å²) in [5, 5.41) is 0. The summed E-state index contributed by atoms with van der Waals surface area (Å²) in [5.74, 6) is -0.283. The van der Waals surface area contributed by atoms with Crippen LogP contribution in [0.5, 0.6) is 0 Å². The van der Waals surface area contributed by atoms with E-state index in [1.165, 1.54) is 18.9 Å². The number of fused-ring (bicyclic) bond motifs is 1. The number of esters is 1. The molecule has 0 spiro atoms. The van der Waals surface area contributed by atoms with Crippen molar-refractivity contribution in [3.63, 3.8) is 0 Å². The predicted molar refractivity (Wildman–Crippen MR) is 79.4 cm³/mol. The fraction of sp³-hybridized carbons (Fsp3) is 0.706. The van der Waals surface area contributed by atoms with Crippen LogP contribution < -0.4 is 0 Å². The fourth-order valence-electron chi connectivity index (χ4n) is 3.58. The summed E-state index contributed by atoms with van der Waals surface area (Å²) in [5.41, 5.74) is 0.829. The van der Waals surface area contributed by atoms with Gasteiger partial charge in [0.1, 0.15) is 5.60 Å². The van der Waals surface area contributed by atoms with Crippen molar-refractivity contribution in [3.05, 3.63) is 23.8 Å². The van der Waals surface area contributed by atoms with E-state index < -0.39 is 0 Å². The molecule has 2 rings (SSSR count). The molecule has 0 amide bonds. The van der Waals surface area contributed by atoms with Gasteiger partial charge in [0.25, 0.3) is 0 Å². The number of carbonyl (C=O) groups excluding carboxylic acids is 1. The molecule has 2 atom stereocenters. The first kappa shape index (κ1) is 15.3. The first-order valence-electron chi connectivity index (χ1n) is 7.51. The minimum Gasteiger partial charge on any atom is -0.463 e. The van der Waals surface area contributed by atoms with Crippen molar-refractivity contribution in [2.45, 2.75) is 65.1 Å². The molecule has 2 unspecified atom stereocenters. The van der Waals surface area contributed by atoms with Crippen LogP contribution >= 0.6 is 0 Å². The van der Waals surface area contributed by atoms with Crippen molar-refractivity contribution in [2.24, 2.45) is 5.41 Å². The van der Waals surface area contributed by atoms with Crippen LogP contribution in [-0.2, 0) is 14.3 Å². The van der Waals surface area contributed by atoms with Gasteiger partial charge >= 0.3 is 5.97 Å². The predicted octanol–water partition coefficient (Wildman–Crippen LogP) is 3.79. The summed E-state index contributed by atoms with van der Waals surface area (Å²) >= 11 is 0. The zero-order valence-electron chi connectivity index (χ0n) is 13.3. The second-order valence-corrected chi connectivity index (χ2v) is 6.78. The first-order chi connectivity index (χ1) is 9.26. The lowest BCUT2D eigenvalue weighted by Gasteiger charge is -2.36. The highest BCUT2D eigenvalue weighted by molar-refractivity contribution is 5.83. The lowest BCUT2D eigenvalue weighted by molar-refractivity contribution is -0.137. The molecular formula is C17H26O3. The number of hydrogen-bond acceptors (Lipinski definition) is 3. The molecule has 20 heavy (non-hydrogen) atoms. The van der Waals surface area contributed by atoms with Crippen LogP contribution in [0.1, 0.15) is 53.9 Å². The maximum Gasteiger partial charge on any atom is 0.330 e. The molecule has 0 N–H and O–H groups in total. The Kier molecular flexibility index (Phi) is 3.85. The van der Waals surface area contributed by atoms with Crippen molar-refractivity contribution in [2.75, 3.05) is 6.61 Å². The molecule has 0 aromatic heterocycles. The van der Waals surface area contributed by atoms with Gasteiger partial charge in [0.15, 0.2) is 0 Å². The van der Waals surface area contributed by atoms with E-state index in [0.29, 0.717) is 6.61 Å². The number of rotatable bonds is 4. The van der Waals surface area contributed by atoms with E-state index in [1.807, 2.05) is 19.9 Å². The number of allylic oxidation sites excluding steroid dienone is 2.